The highest BCUT2D eigenvalue weighted by Gasteiger charge is 2.17. The van der Waals surface area contributed by atoms with Crippen LogP contribution < -0.4 is 10.7 Å². The molecule has 0 atom stereocenters. The molecule has 0 radical (unpaired) electrons. The first kappa shape index (κ1) is 14.2. The zero-order valence-electron chi connectivity index (χ0n) is 12.9. The smallest absolute Gasteiger partial charge is 0.139 e. The third kappa shape index (κ3) is 2.81. The van der Waals surface area contributed by atoms with E-state index in [1.54, 1.807) is 0 Å². The van der Waals surface area contributed by atoms with E-state index >= 15 is 0 Å². The average molecular weight is 297 g/mol. The fourth-order valence-electron chi connectivity index (χ4n) is 2.25. The number of likely N-dealkylation sites (N-methyl/N-ethyl adjacent to an activating group) is 1. The summed E-state index contributed by atoms with van der Waals surface area (Å²) in [4.78, 5) is 4.33. The summed E-state index contributed by atoms with van der Waals surface area (Å²) in [6.07, 6.45) is 7.73. The van der Waals surface area contributed by atoms with Crippen LogP contribution in [-0.2, 0) is 6.54 Å². The normalized spacial score (nSPS) is 13.8. The lowest BCUT2D eigenvalue weighted by atomic mass is 10.1. The highest BCUT2D eigenvalue weighted by molar-refractivity contribution is 5.62. The topological polar surface area (TPSA) is 66.2 Å². The van der Waals surface area contributed by atoms with Gasteiger partial charge in [-0.1, -0.05) is 5.16 Å². The minimum absolute atomic E-state index is 0.655. The number of pyridine rings is 1. The van der Waals surface area contributed by atoms with Crippen molar-refractivity contribution in [3.63, 3.8) is 0 Å². The first-order valence-corrected chi connectivity index (χ1v) is 7.14. The second-order valence-corrected chi connectivity index (χ2v) is 5.18. The number of allylic oxidation sites excluding steroid dienone is 1. The average Bonchev–Trinajstić information content (AvgIpc) is 2.90. The summed E-state index contributed by atoms with van der Waals surface area (Å²) in [5.74, 6) is 0.814. The molecule has 6 heteroatoms. The van der Waals surface area contributed by atoms with E-state index in [1.807, 2.05) is 62.7 Å². The van der Waals surface area contributed by atoms with E-state index in [2.05, 4.69) is 20.9 Å². The zero-order valence-corrected chi connectivity index (χ0v) is 12.9. The molecule has 2 aromatic rings. The monoisotopic (exact) mass is 297 g/mol. The molecule has 0 unspecified atom stereocenters. The Morgan fingerprint density at radius 1 is 1.32 bits per heavy atom. The van der Waals surface area contributed by atoms with Gasteiger partial charge in [0.2, 0.25) is 0 Å². The van der Waals surface area contributed by atoms with Crippen molar-refractivity contribution < 1.29 is 4.52 Å². The van der Waals surface area contributed by atoms with Crippen molar-refractivity contribution in [2.75, 3.05) is 7.05 Å². The summed E-state index contributed by atoms with van der Waals surface area (Å²) >= 11 is 0. The Labute approximate surface area is 129 Å². The Morgan fingerprint density at radius 2 is 2.18 bits per heavy atom. The van der Waals surface area contributed by atoms with Gasteiger partial charge in [0, 0.05) is 42.5 Å². The van der Waals surface area contributed by atoms with Gasteiger partial charge < -0.3 is 15.3 Å². The summed E-state index contributed by atoms with van der Waals surface area (Å²) in [6, 6.07) is 3.99. The Morgan fingerprint density at radius 3 is 2.82 bits per heavy atom. The van der Waals surface area contributed by atoms with E-state index in [9.17, 15) is 0 Å². The minimum Gasteiger partial charge on any atom is -0.387 e. The van der Waals surface area contributed by atoms with Crippen LogP contribution >= 0.6 is 0 Å². The molecule has 22 heavy (non-hydrogen) atoms. The Hall–Kier alpha value is -2.76. The summed E-state index contributed by atoms with van der Waals surface area (Å²) in [7, 11) is 1.89. The molecule has 2 N–H and O–H groups in total. The molecule has 0 bridgehead atoms. The predicted octanol–water partition coefficient (Wildman–Crippen LogP) is 2.25. The molecular weight excluding hydrogens is 278 g/mol. The van der Waals surface area contributed by atoms with Crippen LogP contribution in [0.2, 0.25) is 0 Å². The molecule has 2 aromatic heterocycles. The molecule has 0 aromatic carbocycles. The van der Waals surface area contributed by atoms with Gasteiger partial charge in [-0.05, 0) is 32.1 Å². The second kappa shape index (κ2) is 5.93. The number of aromatic nitrogens is 2. The quantitative estimate of drug-likeness (QED) is 0.902. The summed E-state index contributed by atoms with van der Waals surface area (Å²) < 4.78 is 5.38. The van der Waals surface area contributed by atoms with E-state index in [4.69, 9.17) is 4.52 Å². The molecule has 0 saturated heterocycles. The number of hydrazine groups is 1. The maximum absolute atomic E-state index is 5.38. The molecule has 1 aliphatic rings. The molecule has 0 amide bonds. The van der Waals surface area contributed by atoms with Crippen LogP contribution in [0.4, 0.5) is 0 Å². The lowest BCUT2D eigenvalue weighted by molar-refractivity contribution is 0.298. The van der Waals surface area contributed by atoms with Gasteiger partial charge in [0.25, 0.3) is 0 Å². The molecule has 0 spiro atoms. The largest absolute Gasteiger partial charge is 0.387 e. The zero-order chi connectivity index (χ0) is 15.5. The van der Waals surface area contributed by atoms with Crippen molar-refractivity contribution in [3.05, 3.63) is 59.5 Å². The van der Waals surface area contributed by atoms with Crippen LogP contribution in [0.25, 0.3) is 11.3 Å². The number of nitrogens with zero attached hydrogens (tertiary/aromatic N) is 3. The highest BCUT2D eigenvalue weighted by atomic mass is 16.5. The maximum atomic E-state index is 5.38. The van der Waals surface area contributed by atoms with Crippen molar-refractivity contribution in [3.8, 4) is 11.3 Å². The molecule has 0 saturated carbocycles. The van der Waals surface area contributed by atoms with E-state index in [1.165, 1.54) is 0 Å². The van der Waals surface area contributed by atoms with Gasteiger partial charge in [-0.3, -0.25) is 9.99 Å². The fraction of sp³-hybridized carbons (Fsp3) is 0.250. The highest BCUT2D eigenvalue weighted by Crippen LogP contribution is 2.26. The van der Waals surface area contributed by atoms with Gasteiger partial charge >= 0.3 is 0 Å². The molecule has 1 aliphatic heterocycles. The second-order valence-electron chi connectivity index (χ2n) is 5.18. The SMILES string of the molecule is CNC1=CNN(Cc2c(-c3ccc(C)nc3)noc2C)C=C1. The molecule has 0 fully saturated rings. The number of rotatable bonds is 4. The van der Waals surface area contributed by atoms with Crippen molar-refractivity contribution in [1.29, 1.82) is 0 Å². The molecule has 3 heterocycles. The van der Waals surface area contributed by atoms with E-state index in [0.29, 0.717) is 6.54 Å². The summed E-state index contributed by atoms with van der Waals surface area (Å²) in [6.45, 7) is 4.55. The standard InChI is InChI=1S/C16H19N5O/c1-11-4-5-13(8-18-11)16-15(12(2)22-20-16)10-21-7-6-14(17-3)9-19-21/h4-9,17,19H,10H2,1-3H3. The van der Waals surface area contributed by atoms with Crippen LogP contribution in [0.3, 0.4) is 0 Å². The van der Waals surface area contributed by atoms with Crippen LogP contribution in [0.5, 0.6) is 0 Å². The van der Waals surface area contributed by atoms with Crippen molar-refractivity contribution in [2.45, 2.75) is 20.4 Å². The van der Waals surface area contributed by atoms with Gasteiger partial charge in [0.15, 0.2) is 0 Å². The number of nitrogens with one attached hydrogen (secondary N) is 2. The van der Waals surface area contributed by atoms with Gasteiger partial charge in [-0.2, -0.15) is 0 Å². The van der Waals surface area contributed by atoms with E-state index < -0.39 is 0 Å². The van der Waals surface area contributed by atoms with Crippen molar-refractivity contribution in [1.82, 2.24) is 25.9 Å². The Balaban J connectivity index is 1.83. The van der Waals surface area contributed by atoms with Crippen molar-refractivity contribution >= 4 is 0 Å². The lowest BCUT2D eigenvalue weighted by Crippen LogP contribution is -2.32. The summed E-state index contributed by atoms with van der Waals surface area (Å²) in [5.41, 5.74) is 8.07. The van der Waals surface area contributed by atoms with E-state index in [-0.39, 0.29) is 0 Å². The first-order valence-electron chi connectivity index (χ1n) is 7.14. The van der Waals surface area contributed by atoms with Crippen LogP contribution in [-0.4, -0.2) is 22.2 Å². The number of hydrogen-bond donors (Lipinski definition) is 2. The van der Waals surface area contributed by atoms with Gasteiger partial charge in [-0.25, -0.2) is 0 Å². The van der Waals surface area contributed by atoms with Gasteiger partial charge in [0.05, 0.1) is 12.2 Å². The molecule has 0 aliphatic carbocycles. The third-order valence-electron chi connectivity index (χ3n) is 3.61. The Bertz CT molecular complexity index is 715. The van der Waals surface area contributed by atoms with Gasteiger partial charge in [-0.15, -0.1) is 0 Å². The summed E-state index contributed by atoms with van der Waals surface area (Å²) in [5, 5.41) is 9.25. The number of aryl methyl sites for hydroxylation is 2. The first-order chi connectivity index (χ1) is 10.7. The van der Waals surface area contributed by atoms with Crippen LogP contribution in [0.15, 0.2) is 47.0 Å². The molecule has 3 rings (SSSR count). The molecule has 114 valence electrons. The molecule has 6 nitrogen and oxygen atoms in total. The van der Waals surface area contributed by atoms with Gasteiger partial charge in [0.1, 0.15) is 11.5 Å². The predicted molar refractivity (Wildman–Crippen MR) is 84.2 cm³/mol. The number of hydrogen-bond acceptors (Lipinski definition) is 6. The van der Waals surface area contributed by atoms with Crippen molar-refractivity contribution in [2.24, 2.45) is 0 Å². The minimum atomic E-state index is 0.655. The maximum Gasteiger partial charge on any atom is 0.139 e. The lowest BCUT2D eigenvalue weighted by Gasteiger charge is -2.24. The van der Waals surface area contributed by atoms with Crippen LogP contribution in [0, 0.1) is 13.8 Å². The van der Waals surface area contributed by atoms with E-state index in [0.717, 1.165) is 34.0 Å². The third-order valence-corrected chi connectivity index (χ3v) is 3.61. The Kier molecular flexibility index (Phi) is 3.82. The van der Waals surface area contributed by atoms with Crippen LogP contribution in [0.1, 0.15) is 17.0 Å². The molecular formula is C16H19N5O. The fourth-order valence-corrected chi connectivity index (χ4v) is 2.25.